The van der Waals surface area contributed by atoms with Crippen LogP contribution in [0, 0.1) is 0 Å². The molecule has 1 aromatic heterocycles. The molecule has 1 N–H and O–H groups in total. The quantitative estimate of drug-likeness (QED) is 0.801. The molecule has 0 aromatic carbocycles. The smallest absolute Gasteiger partial charge is 0.0850 e. The van der Waals surface area contributed by atoms with E-state index in [0.717, 1.165) is 42.2 Å². The van der Waals surface area contributed by atoms with Gasteiger partial charge in [0.1, 0.15) is 0 Å². The Hall–Kier alpha value is -0.580. The minimum absolute atomic E-state index is 0.0794. The van der Waals surface area contributed by atoms with Crippen molar-refractivity contribution < 1.29 is 0 Å². The number of likely N-dealkylation sites (N-methyl/N-ethyl adjacent to an activating group) is 2. The summed E-state index contributed by atoms with van der Waals surface area (Å²) in [6.45, 7) is 9.75. The van der Waals surface area contributed by atoms with Gasteiger partial charge < -0.3 is 10.2 Å². The van der Waals surface area contributed by atoms with Gasteiger partial charge in [0.2, 0.25) is 0 Å². The van der Waals surface area contributed by atoms with Gasteiger partial charge in [0.15, 0.2) is 0 Å². The Balaban J connectivity index is 3.12. The van der Waals surface area contributed by atoms with Crippen LogP contribution in [0.2, 0.25) is 5.02 Å². The number of halogens is 1. The van der Waals surface area contributed by atoms with Crippen molar-refractivity contribution >= 4 is 11.6 Å². The molecule has 0 aliphatic heterocycles. The monoisotopic (exact) mass is 314 g/mol. The van der Waals surface area contributed by atoms with E-state index in [2.05, 4.69) is 57.1 Å². The summed E-state index contributed by atoms with van der Waals surface area (Å²) in [6, 6.07) is 0.333. The van der Waals surface area contributed by atoms with E-state index in [9.17, 15) is 0 Å². The summed E-state index contributed by atoms with van der Waals surface area (Å²) in [7, 11) is 6.29. The van der Waals surface area contributed by atoms with Crippen LogP contribution in [0.25, 0.3) is 0 Å². The summed E-state index contributed by atoms with van der Waals surface area (Å²) in [6.07, 6.45) is 2.84. The number of rotatable bonds is 8. The molecule has 21 heavy (non-hydrogen) atoms. The van der Waals surface area contributed by atoms with Crippen LogP contribution in [-0.4, -0.2) is 46.9 Å². The fourth-order valence-corrected chi connectivity index (χ4v) is 3.24. The van der Waals surface area contributed by atoms with Crippen molar-refractivity contribution in [1.82, 2.24) is 20.0 Å². The molecule has 0 spiro atoms. The van der Waals surface area contributed by atoms with Crippen molar-refractivity contribution in [2.75, 3.05) is 20.6 Å². The lowest BCUT2D eigenvalue weighted by molar-refractivity contribution is 0.112. The van der Waals surface area contributed by atoms with Crippen LogP contribution >= 0.6 is 11.6 Å². The summed E-state index contributed by atoms with van der Waals surface area (Å²) >= 11 is 6.52. The first-order valence-corrected chi connectivity index (χ1v) is 8.30. The Bertz CT molecular complexity index is 455. The number of aryl methyl sites for hydroxylation is 2. The van der Waals surface area contributed by atoms with E-state index in [1.807, 2.05) is 11.7 Å². The maximum absolute atomic E-state index is 6.52. The number of nitrogens with one attached hydrogen (secondary N) is 1. The summed E-state index contributed by atoms with van der Waals surface area (Å²) in [5.74, 6) is 0. The molecule has 0 saturated heterocycles. The Morgan fingerprint density at radius 3 is 2.33 bits per heavy atom. The van der Waals surface area contributed by atoms with E-state index in [1.54, 1.807) is 0 Å². The predicted octanol–water partition coefficient (Wildman–Crippen LogP) is 2.89. The van der Waals surface area contributed by atoms with E-state index in [0.29, 0.717) is 6.04 Å². The Morgan fingerprint density at radius 1 is 1.33 bits per heavy atom. The fourth-order valence-electron chi connectivity index (χ4n) is 2.87. The molecule has 2 unspecified atom stereocenters. The Morgan fingerprint density at radius 2 is 1.95 bits per heavy atom. The third-order valence-corrected chi connectivity index (χ3v) is 5.28. The Labute approximate surface area is 134 Å². The largest absolute Gasteiger partial charge is 0.312 e. The molecule has 2 atom stereocenters. The van der Waals surface area contributed by atoms with Crippen molar-refractivity contribution in [3.8, 4) is 0 Å². The van der Waals surface area contributed by atoms with Gasteiger partial charge in [-0.2, -0.15) is 5.10 Å². The van der Waals surface area contributed by atoms with Crippen molar-refractivity contribution in [3.63, 3.8) is 0 Å². The first kappa shape index (κ1) is 18.5. The van der Waals surface area contributed by atoms with Gasteiger partial charge >= 0.3 is 0 Å². The number of nitrogens with zero attached hydrogens (tertiary/aromatic N) is 3. The molecule has 0 bridgehead atoms. The third kappa shape index (κ3) is 3.79. The van der Waals surface area contributed by atoms with Crippen LogP contribution in [-0.2, 0) is 19.9 Å². The van der Waals surface area contributed by atoms with Crippen LogP contribution in [0.3, 0.4) is 0 Å². The molecule has 4 nitrogen and oxygen atoms in total. The second-order valence-electron chi connectivity index (χ2n) is 6.10. The van der Waals surface area contributed by atoms with Crippen molar-refractivity contribution in [2.45, 2.75) is 58.5 Å². The van der Waals surface area contributed by atoms with Crippen LogP contribution < -0.4 is 5.32 Å². The summed E-state index contributed by atoms with van der Waals surface area (Å²) in [4.78, 5) is 2.31. The minimum atomic E-state index is 0.0794. The molecule has 0 aliphatic carbocycles. The van der Waals surface area contributed by atoms with Gasteiger partial charge in [0, 0.05) is 25.0 Å². The highest BCUT2D eigenvalue weighted by molar-refractivity contribution is 6.31. The van der Waals surface area contributed by atoms with Gasteiger partial charge in [-0.15, -0.1) is 0 Å². The lowest BCUT2D eigenvalue weighted by Gasteiger charge is -2.43. The van der Waals surface area contributed by atoms with E-state index < -0.39 is 0 Å². The zero-order valence-corrected chi connectivity index (χ0v) is 15.4. The molecule has 5 heteroatoms. The fraction of sp³-hybridized carbons (Fsp3) is 0.812. The number of aromatic nitrogens is 2. The highest BCUT2D eigenvalue weighted by atomic mass is 35.5. The standard InChI is InChI=1S/C16H31ClN4/c1-8-12-15(17)13(21(7)19-12)11-14(18-10-3)16(4,9-2)20(5)6/h14,18H,8-11H2,1-7H3. The second-order valence-corrected chi connectivity index (χ2v) is 6.48. The summed E-state index contributed by atoms with van der Waals surface area (Å²) in [5, 5.41) is 9.02. The molecule has 0 aliphatic rings. The third-order valence-electron chi connectivity index (χ3n) is 4.84. The molecule has 0 radical (unpaired) electrons. The van der Waals surface area contributed by atoms with Gasteiger partial charge in [-0.05, 0) is 40.4 Å². The molecule has 1 aromatic rings. The molecule has 0 saturated carbocycles. The highest BCUT2D eigenvalue weighted by Crippen LogP contribution is 2.28. The van der Waals surface area contributed by atoms with Gasteiger partial charge in [-0.3, -0.25) is 4.68 Å². The van der Waals surface area contributed by atoms with Crippen LogP contribution in [0.4, 0.5) is 0 Å². The molecular weight excluding hydrogens is 284 g/mol. The average Bonchev–Trinajstić information content (AvgIpc) is 2.72. The van der Waals surface area contributed by atoms with Gasteiger partial charge in [0.05, 0.1) is 16.4 Å². The van der Waals surface area contributed by atoms with Gasteiger partial charge in [0.25, 0.3) is 0 Å². The van der Waals surface area contributed by atoms with Crippen molar-refractivity contribution in [2.24, 2.45) is 7.05 Å². The zero-order chi connectivity index (χ0) is 16.2. The van der Waals surface area contributed by atoms with Gasteiger partial charge in [-0.1, -0.05) is 32.4 Å². The first-order valence-electron chi connectivity index (χ1n) is 7.92. The van der Waals surface area contributed by atoms with Gasteiger partial charge in [-0.25, -0.2) is 0 Å². The minimum Gasteiger partial charge on any atom is -0.312 e. The van der Waals surface area contributed by atoms with Crippen molar-refractivity contribution in [3.05, 3.63) is 16.4 Å². The Kier molecular flexibility index (Phi) is 6.70. The normalized spacial score (nSPS) is 16.2. The molecule has 1 heterocycles. The number of hydrogen-bond acceptors (Lipinski definition) is 3. The SMILES string of the molecule is CCNC(Cc1c(Cl)c(CC)nn1C)C(C)(CC)N(C)C. The van der Waals surface area contributed by atoms with E-state index in [1.165, 1.54) is 0 Å². The second kappa shape index (κ2) is 7.61. The zero-order valence-electron chi connectivity index (χ0n) is 14.6. The lowest BCUT2D eigenvalue weighted by Crippen LogP contribution is -2.58. The maximum atomic E-state index is 6.52. The average molecular weight is 315 g/mol. The van der Waals surface area contributed by atoms with Crippen LogP contribution in [0.5, 0.6) is 0 Å². The lowest BCUT2D eigenvalue weighted by atomic mass is 9.85. The molecule has 0 fully saturated rings. The maximum Gasteiger partial charge on any atom is 0.0850 e. The number of hydrogen-bond donors (Lipinski definition) is 1. The topological polar surface area (TPSA) is 33.1 Å². The molecule has 0 amide bonds. The van der Waals surface area contributed by atoms with E-state index >= 15 is 0 Å². The van der Waals surface area contributed by atoms with Crippen LogP contribution in [0.1, 0.15) is 45.5 Å². The predicted molar refractivity (Wildman–Crippen MR) is 91.1 cm³/mol. The van der Waals surface area contributed by atoms with Crippen molar-refractivity contribution in [1.29, 1.82) is 0 Å². The van der Waals surface area contributed by atoms with E-state index in [4.69, 9.17) is 11.6 Å². The highest BCUT2D eigenvalue weighted by Gasteiger charge is 2.35. The van der Waals surface area contributed by atoms with E-state index in [-0.39, 0.29) is 5.54 Å². The summed E-state index contributed by atoms with van der Waals surface area (Å²) in [5.41, 5.74) is 2.20. The summed E-state index contributed by atoms with van der Waals surface area (Å²) < 4.78 is 1.94. The van der Waals surface area contributed by atoms with Crippen LogP contribution in [0.15, 0.2) is 0 Å². The molecular formula is C16H31ClN4. The molecule has 1 rings (SSSR count). The molecule has 122 valence electrons. The first-order chi connectivity index (χ1) is 9.81.